The number of anilines is 1. The van der Waals surface area contributed by atoms with Gasteiger partial charge in [-0.3, -0.25) is 4.79 Å². The second-order valence-corrected chi connectivity index (χ2v) is 4.18. The van der Waals surface area contributed by atoms with Crippen molar-refractivity contribution in [3.63, 3.8) is 0 Å². The number of rotatable bonds is 2. The third-order valence-corrected chi connectivity index (χ3v) is 2.96. The number of fused-ring (bicyclic) bond motifs is 1. The van der Waals surface area contributed by atoms with E-state index in [0.29, 0.717) is 6.42 Å². The lowest BCUT2D eigenvalue weighted by Crippen LogP contribution is -2.35. The van der Waals surface area contributed by atoms with Gasteiger partial charge in [0.2, 0.25) is 5.91 Å². The Morgan fingerprint density at radius 2 is 2.31 bits per heavy atom. The molecule has 0 saturated carbocycles. The first kappa shape index (κ1) is 11.0. The third-order valence-electron chi connectivity index (χ3n) is 2.96. The van der Waals surface area contributed by atoms with Gasteiger partial charge in [0.1, 0.15) is 5.75 Å². The van der Waals surface area contributed by atoms with E-state index in [1.807, 2.05) is 19.1 Å². The molecular weight excluding hydrogens is 202 g/mol. The van der Waals surface area contributed by atoms with Gasteiger partial charge in [-0.15, -0.1) is 0 Å². The van der Waals surface area contributed by atoms with Gasteiger partial charge in [0.15, 0.2) is 0 Å². The van der Waals surface area contributed by atoms with Gasteiger partial charge in [0.05, 0.1) is 5.69 Å². The average Bonchev–Trinajstić information content (AvgIpc) is 2.29. The summed E-state index contributed by atoms with van der Waals surface area (Å²) in [5, 5.41) is 9.85. The van der Waals surface area contributed by atoms with Crippen LogP contribution in [0.2, 0.25) is 0 Å². The first-order chi connectivity index (χ1) is 7.74. The quantitative estimate of drug-likeness (QED) is 0.830. The lowest BCUT2D eigenvalue weighted by Gasteiger charge is -2.30. The molecule has 0 fully saturated rings. The highest BCUT2D eigenvalue weighted by Gasteiger charge is 2.24. The Kier molecular flexibility index (Phi) is 3.13. The molecule has 1 aromatic carbocycles. The van der Waals surface area contributed by atoms with E-state index in [1.165, 1.54) is 0 Å². The van der Waals surface area contributed by atoms with Crippen LogP contribution < -0.4 is 4.90 Å². The number of phenolic OH excluding ortho intramolecular Hbond substituents is 1. The number of aryl methyl sites for hydroxylation is 1. The number of carbonyl (C=O) groups is 1. The average molecular weight is 219 g/mol. The van der Waals surface area contributed by atoms with Gasteiger partial charge in [0, 0.05) is 13.0 Å². The summed E-state index contributed by atoms with van der Waals surface area (Å²) in [5.74, 6) is 0.339. The summed E-state index contributed by atoms with van der Waals surface area (Å²) in [6.45, 7) is 2.72. The summed E-state index contributed by atoms with van der Waals surface area (Å²) >= 11 is 0. The molecule has 0 aromatic heterocycles. The van der Waals surface area contributed by atoms with Crippen LogP contribution in [0.3, 0.4) is 0 Å². The molecule has 1 amide bonds. The van der Waals surface area contributed by atoms with Crippen LogP contribution in [-0.2, 0) is 11.2 Å². The van der Waals surface area contributed by atoms with E-state index in [2.05, 4.69) is 0 Å². The number of nitrogens with zero attached hydrogens (tertiary/aromatic N) is 1. The van der Waals surface area contributed by atoms with Crippen LogP contribution in [0.25, 0.3) is 0 Å². The molecule has 0 atom stereocenters. The minimum atomic E-state index is 0.116. The van der Waals surface area contributed by atoms with Crippen LogP contribution in [-0.4, -0.2) is 17.6 Å². The molecule has 1 heterocycles. The Morgan fingerprint density at radius 1 is 1.50 bits per heavy atom. The van der Waals surface area contributed by atoms with Crippen molar-refractivity contribution in [2.45, 2.75) is 32.6 Å². The zero-order chi connectivity index (χ0) is 11.5. The Balaban J connectivity index is 2.35. The fourth-order valence-corrected chi connectivity index (χ4v) is 2.23. The lowest BCUT2D eigenvalue weighted by atomic mass is 10.0. The molecule has 0 aliphatic carbocycles. The smallest absolute Gasteiger partial charge is 0.227 e. The van der Waals surface area contributed by atoms with Crippen molar-refractivity contribution in [3.8, 4) is 5.75 Å². The van der Waals surface area contributed by atoms with Crippen LogP contribution in [0.4, 0.5) is 5.69 Å². The minimum absolute atomic E-state index is 0.116. The Bertz CT molecular complexity index is 401. The summed E-state index contributed by atoms with van der Waals surface area (Å²) in [6, 6.07) is 5.47. The largest absolute Gasteiger partial charge is 0.506 e. The van der Waals surface area contributed by atoms with E-state index in [0.717, 1.165) is 37.1 Å². The standard InChI is InChI=1S/C13H17NO2/c1-2-5-12(16)14-9-4-7-10-6-3-8-11(15)13(10)14/h3,6,8,15H,2,4-5,7,9H2,1H3. The SMILES string of the molecule is CCCC(=O)N1CCCc2cccc(O)c21. The summed E-state index contributed by atoms with van der Waals surface area (Å²) in [5.41, 5.74) is 1.81. The molecule has 0 saturated heterocycles. The van der Waals surface area contributed by atoms with Crippen molar-refractivity contribution >= 4 is 11.6 Å². The van der Waals surface area contributed by atoms with E-state index in [4.69, 9.17) is 0 Å². The molecule has 0 unspecified atom stereocenters. The van der Waals surface area contributed by atoms with Gasteiger partial charge in [-0.2, -0.15) is 0 Å². The zero-order valence-electron chi connectivity index (χ0n) is 9.57. The molecule has 3 heteroatoms. The van der Waals surface area contributed by atoms with Crippen molar-refractivity contribution in [3.05, 3.63) is 23.8 Å². The van der Waals surface area contributed by atoms with Crippen LogP contribution in [0.5, 0.6) is 5.75 Å². The topological polar surface area (TPSA) is 40.5 Å². The van der Waals surface area contributed by atoms with Gasteiger partial charge < -0.3 is 10.0 Å². The first-order valence-corrected chi connectivity index (χ1v) is 5.85. The normalized spacial score (nSPS) is 14.7. The molecule has 3 nitrogen and oxygen atoms in total. The fourth-order valence-electron chi connectivity index (χ4n) is 2.23. The number of hydrogen-bond acceptors (Lipinski definition) is 2. The maximum absolute atomic E-state index is 11.9. The van der Waals surface area contributed by atoms with Crippen LogP contribution in [0.15, 0.2) is 18.2 Å². The molecular formula is C13H17NO2. The Morgan fingerprint density at radius 3 is 3.06 bits per heavy atom. The van der Waals surface area contributed by atoms with Crippen molar-refractivity contribution in [1.29, 1.82) is 0 Å². The van der Waals surface area contributed by atoms with Crippen LogP contribution >= 0.6 is 0 Å². The predicted molar refractivity (Wildman–Crippen MR) is 63.7 cm³/mol. The number of benzene rings is 1. The van der Waals surface area contributed by atoms with Crippen molar-refractivity contribution in [1.82, 2.24) is 0 Å². The highest BCUT2D eigenvalue weighted by atomic mass is 16.3. The van der Waals surface area contributed by atoms with Gasteiger partial charge in [0.25, 0.3) is 0 Å². The van der Waals surface area contributed by atoms with Crippen molar-refractivity contribution < 1.29 is 9.90 Å². The van der Waals surface area contributed by atoms with Crippen LogP contribution in [0, 0.1) is 0 Å². The number of para-hydroxylation sites is 1. The molecule has 86 valence electrons. The first-order valence-electron chi connectivity index (χ1n) is 5.85. The summed E-state index contributed by atoms with van der Waals surface area (Å²) in [4.78, 5) is 13.7. The number of carbonyl (C=O) groups excluding carboxylic acids is 1. The van der Waals surface area contributed by atoms with Gasteiger partial charge >= 0.3 is 0 Å². The second kappa shape index (κ2) is 4.56. The molecule has 1 aromatic rings. The van der Waals surface area contributed by atoms with E-state index >= 15 is 0 Å². The summed E-state index contributed by atoms with van der Waals surface area (Å²) in [7, 11) is 0. The van der Waals surface area contributed by atoms with Crippen molar-refractivity contribution in [2.75, 3.05) is 11.4 Å². The monoisotopic (exact) mass is 219 g/mol. The molecule has 1 aliphatic rings. The highest BCUT2D eigenvalue weighted by Crippen LogP contribution is 2.35. The van der Waals surface area contributed by atoms with E-state index in [9.17, 15) is 9.90 Å². The second-order valence-electron chi connectivity index (χ2n) is 4.18. The van der Waals surface area contributed by atoms with E-state index in [1.54, 1.807) is 11.0 Å². The predicted octanol–water partition coefficient (Wildman–Crippen LogP) is 2.47. The van der Waals surface area contributed by atoms with Crippen molar-refractivity contribution in [2.24, 2.45) is 0 Å². The Hall–Kier alpha value is -1.51. The molecule has 0 radical (unpaired) electrons. The summed E-state index contributed by atoms with van der Waals surface area (Å²) in [6.07, 6.45) is 3.32. The number of phenols is 1. The van der Waals surface area contributed by atoms with Gasteiger partial charge in [-0.1, -0.05) is 19.1 Å². The van der Waals surface area contributed by atoms with Gasteiger partial charge in [-0.05, 0) is 30.9 Å². The molecule has 2 rings (SSSR count). The summed E-state index contributed by atoms with van der Waals surface area (Å²) < 4.78 is 0. The van der Waals surface area contributed by atoms with E-state index in [-0.39, 0.29) is 11.7 Å². The third kappa shape index (κ3) is 1.90. The molecule has 1 aliphatic heterocycles. The lowest BCUT2D eigenvalue weighted by molar-refractivity contribution is -0.118. The van der Waals surface area contributed by atoms with E-state index < -0.39 is 0 Å². The number of hydrogen-bond donors (Lipinski definition) is 1. The molecule has 1 N–H and O–H groups in total. The zero-order valence-corrected chi connectivity index (χ0v) is 9.57. The number of amides is 1. The molecule has 16 heavy (non-hydrogen) atoms. The maximum atomic E-state index is 11.9. The van der Waals surface area contributed by atoms with Gasteiger partial charge in [-0.25, -0.2) is 0 Å². The Labute approximate surface area is 95.7 Å². The van der Waals surface area contributed by atoms with Crippen LogP contribution in [0.1, 0.15) is 31.7 Å². The minimum Gasteiger partial charge on any atom is -0.506 e. The maximum Gasteiger partial charge on any atom is 0.227 e. The fraction of sp³-hybridized carbons (Fsp3) is 0.462. The molecule has 0 spiro atoms. The molecule has 0 bridgehead atoms. The highest BCUT2D eigenvalue weighted by molar-refractivity contribution is 5.96. The number of aromatic hydroxyl groups is 1.